The molecule has 22 heteroatoms. The number of nitriles is 1. The zero-order valence-electron chi connectivity index (χ0n) is 32.5. The van der Waals surface area contributed by atoms with E-state index >= 15 is 0 Å². The van der Waals surface area contributed by atoms with Crippen LogP contribution in [-0.2, 0) is 30.1 Å². The lowest BCUT2D eigenvalue weighted by Crippen LogP contribution is -2.60. The van der Waals surface area contributed by atoms with Gasteiger partial charge in [0.05, 0.1) is 36.7 Å². The number of thiocarbonyl (C=S) groups is 1. The summed E-state index contributed by atoms with van der Waals surface area (Å²) in [7, 11) is 0. The number of pyridine rings is 1. The fourth-order valence-electron chi connectivity index (χ4n) is 8.09. The van der Waals surface area contributed by atoms with Crippen LogP contribution in [0.5, 0.6) is 0 Å². The summed E-state index contributed by atoms with van der Waals surface area (Å²) >= 11 is 11.9. The third-order valence-electron chi connectivity index (χ3n) is 11.1. The largest absolute Gasteiger partial charge is 0.419 e. The molecule has 1 aromatic heterocycles. The van der Waals surface area contributed by atoms with E-state index in [9.17, 15) is 45.5 Å². The fraction of sp³-hybridized carbons (Fsp3) is 0.553. The van der Waals surface area contributed by atoms with Crippen molar-refractivity contribution in [1.29, 1.82) is 5.26 Å². The molecule has 60 heavy (non-hydrogen) atoms. The van der Waals surface area contributed by atoms with E-state index < -0.39 is 65.5 Å². The predicted molar refractivity (Wildman–Crippen MR) is 210 cm³/mol. The Kier molecular flexibility index (Phi) is 13.3. The van der Waals surface area contributed by atoms with E-state index in [4.69, 9.17) is 33.8 Å². The molecule has 4 aliphatic rings. The van der Waals surface area contributed by atoms with Crippen molar-refractivity contribution >= 4 is 69.6 Å². The number of halogens is 7. The molecule has 2 aromatic rings. The number of hydrogen-bond donors (Lipinski definition) is 3. The zero-order valence-corrected chi connectivity index (χ0v) is 34.0. The number of nitrogens with one attached hydrogen (secondary N) is 3. The first kappa shape index (κ1) is 44.9. The van der Waals surface area contributed by atoms with Crippen molar-refractivity contribution in [2.45, 2.75) is 94.5 Å². The van der Waals surface area contributed by atoms with Crippen molar-refractivity contribution in [1.82, 2.24) is 25.0 Å². The van der Waals surface area contributed by atoms with Gasteiger partial charge in [-0.15, -0.1) is 0 Å². The summed E-state index contributed by atoms with van der Waals surface area (Å²) in [5.41, 5.74) is -2.92. The number of piperazine rings is 1. The SMILES string of the molecule is CC1(C)C(=O)N(c2cnc(C#N)c(C(F)(F)F)c2)C(=S)N1C1CCC(OCCN2CCN(CC(=O)Nc3cc(Cl)cc(NC4CCC(=O)NC4=O)c3)C(C(F)(F)F)C2)CC1. The second kappa shape index (κ2) is 17.8. The minimum absolute atomic E-state index is 0.0165. The molecule has 4 amide bonds. The molecule has 3 aliphatic heterocycles. The third-order valence-corrected chi connectivity index (χ3v) is 11.7. The Morgan fingerprint density at radius 2 is 1.75 bits per heavy atom. The predicted octanol–water partition coefficient (Wildman–Crippen LogP) is 5.07. The highest BCUT2D eigenvalue weighted by atomic mass is 35.5. The summed E-state index contributed by atoms with van der Waals surface area (Å²) in [4.78, 5) is 59.3. The smallest absolute Gasteiger partial charge is 0.377 e. The first-order valence-electron chi connectivity index (χ1n) is 19.2. The Labute approximate surface area is 351 Å². The molecule has 3 N–H and O–H groups in total. The molecular formula is C38H42ClF6N9O5S. The highest BCUT2D eigenvalue weighted by molar-refractivity contribution is 7.80. The van der Waals surface area contributed by atoms with Gasteiger partial charge >= 0.3 is 12.4 Å². The van der Waals surface area contributed by atoms with Gasteiger partial charge < -0.3 is 20.3 Å². The third kappa shape index (κ3) is 10.1. The van der Waals surface area contributed by atoms with Gasteiger partial charge in [0.2, 0.25) is 17.7 Å². The molecule has 14 nitrogen and oxygen atoms in total. The summed E-state index contributed by atoms with van der Waals surface area (Å²) < 4.78 is 90.1. The highest BCUT2D eigenvalue weighted by Gasteiger charge is 2.53. The molecule has 4 heterocycles. The molecule has 0 bridgehead atoms. The van der Waals surface area contributed by atoms with Crippen LogP contribution < -0.4 is 20.9 Å². The van der Waals surface area contributed by atoms with E-state index in [-0.39, 0.29) is 85.2 Å². The number of nitrogens with zero attached hydrogens (tertiary/aromatic N) is 6. The van der Waals surface area contributed by atoms with Gasteiger partial charge in [-0.05, 0) is 82.4 Å². The van der Waals surface area contributed by atoms with Crippen LogP contribution in [0.15, 0.2) is 30.5 Å². The number of piperidine rings is 1. The number of ether oxygens (including phenoxy) is 1. The van der Waals surface area contributed by atoms with Crippen molar-refractivity contribution in [2.24, 2.45) is 0 Å². The van der Waals surface area contributed by atoms with Gasteiger partial charge in [-0.1, -0.05) is 11.6 Å². The minimum Gasteiger partial charge on any atom is -0.377 e. The zero-order chi connectivity index (χ0) is 43.7. The molecule has 2 unspecified atom stereocenters. The average molecular weight is 886 g/mol. The van der Waals surface area contributed by atoms with Crippen LogP contribution in [0, 0.1) is 11.3 Å². The highest BCUT2D eigenvalue weighted by Crippen LogP contribution is 2.40. The summed E-state index contributed by atoms with van der Waals surface area (Å²) in [5, 5.41) is 17.1. The van der Waals surface area contributed by atoms with E-state index in [1.807, 2.05) is 0 Å². The number of anilines is 3. The topological polar surface area (TPSA) is 163 Å². The van der Waals surface area contributed by atoms with Crippen LogP contribution >= 0.6 is 23.8 Å². The van der Waals surface area contributed by atoms with Gasteiger partial charge in [0.15, 0.2) is 10.8 Å². The van der Waals surface area contributed by atoms with Crippen LogP contribution in [0.1, 0.15) is 63.6 Å². The minimum atomic E-state index is -4.88. The van der Waals surface area contributed by atoms with Gasteiger partial charge in [-0.2, -0.15) is 31.6 Å². The number of hydrogen-bond acceptors (Lipinski definition) is 11. The maximum Gasteiger partial charge on any atom is 0.419 e. The number of carbonyl (C=O) groups is 4. The lowest BCUT2D eigenvalue weighted by molar-refractivity contribution is -0.197. The number of aromatic nitrogens is 1. The van der Waals surface area contributed by atoms with E-state index in [1.54, 1.807) is 23.6 Å². The Balaban J connectivity index is 0.980. The van der Waals surface area contributed by atoms with Crippen molar-refractivity contribution < 1.29 is 50.3 Å². The molecule has 6 rings (SSSR count). The molecule has 324 valence electrons. The van der Waals surface area contributed by atoms with Gasteiger partial charge in [-0.25, -0.2) is 4.98 Å². The second-order valence-electron chi connectivity index (χ2n) is 15.6. The normalized spacial score (nSPS) is 24.3. The number of alkyl halides is 6. The second-order valence-corrected chi connectivity index (χ2v) is 16.4. The molecular weight excluding hydrogens is 844 g/mol. The van der Waals surface area contributed by atoms with Crippen LogP contribution in [-0.4, -0.2) is 124 Å². The van der Waals surface area contributed by atoms with Crippen molar-refractivity contribution in [3.8, 4) is 6.07 Å². The number of amides is 4. The average Bonchev–Trinajstić information content (AvgIpc) is 3.34. The molecule has 0 radical (unpaired) electrons. The fourth-order valence-corrected chi connectivity index (χ4v) is 8.89. The van der Waals surface area contributed by atoms with Crippen molar-refractivity contribution in [3.63, 3.8) is 0 Å². The van der Waals surface area contributed by atoms with Crippen molar-refractivity contribution in [3.05, 3.63) is 46.7 Å². The summed E-state index contributed by atoms with van der Waals surface area (Å²) in [6, 6.07) is 3.65. The Morgan fingerprint density at radius 1 is 1.05 bits per heavy atom. The Bertz CT molecular complexity index is 2060. The lowest BCUT2D eigenvalue weighted by atomic mass is 9.89. The Morgan fingerprint density at radius 3 is 2.40 bits per heavy atom. The van der Waals surface area contributed by atoms with Crippen LogP contribution in [0.2, 0.25) is 5.02 Å². The maximum absolute atomic E-state index is 14.3. The van der Waals surface area contributed by atoms with E-state index in [1.165, 1.54) is 24.3 Å². The number of rotatable bonds is 11. The lowest BCUT2D eigenvalue weighted by Gasteiger charge is -2.42. The first-order chi connectivity index (χ1) is 28.1. The van der Waals surface area contributed by atoms with E-state index in [0.29, 0.717) is 37.4 Å². The van der Waals surface area contributed by atoms with E-state index in [0.717, 1.165) is 16.0 Å². The van der Waals surface area contributed by atoms with Crippen molar-refractivity contribution in [2.75, 3.05) is 54.9 Å². The maximum atomic E-state index is 14.3. The van der Waals surface area contributed by atoms with Crippen LogP contribution in [0.4, 0.5) is 43.4 Å². The molecule has 1 saturated carbocycles. The van der Waals surface area contributed by atoms with Gasteiger partial charge in [0, 0.05) is 55.0 Å². The number of carbonyl (C=O) groups excluding carboxylic acids is 4. The molecule has 1 aromatic carbocycles. The first-order valence-corrected chi connectivity index (χ1v) is 19.9. The molecule has 2 atom stereocenters. The molecule has 0 spiro atoms. The summed E-state index contributed by atoms with van der Waals surface area (Å²) in [6.45, 7) is 2.91. The molecule has 1 aliphatic carbocycles. The van der Waals surface area contributed by atoms with Gasteiger partial charge in [-0.3, -0.25) is 39.2 Å². The summed E-state index contributed by atoms with van der Waals surface area (Å²) in [5.74, 6) is -2.13. The van der Waals surface area contributed by atoms with E-state index in [2.05, 4.69) is 20.9 Å². The quantitative estimate of drug-likeness (QED) is 0.156. The van der Waals surface area contributed by atoms with Gasteiger partial charge in [0.25, 0.3) is 5.91 Å². The standard InChI is InChI=1S/C38H42ClF6N9O5S/c1-36(2)34(58)53(25-16-27(37(40,41)42)29(17-46)47-18-25)35(60)54(36)24-3-5-26(6-4-24)59-12-11-51-9-10-52(30(19-51)38(43,44)45)20-32(56)49-23-14-21(39)13-22(15-23)48-28-7-8-31(55)50-33(28)57/h13-16,18,24,26,28,30,48H,3-12,19-20H2,1-2H3,(H,49,56)(H,50,55,57). The summed E-state index contributed by atoms with van der Waals surface area (Å²) in [6.07, 6.45) is -6.20. The van der Waals surface area contributed by atoms with Crippen LogP contribution in [0.3, 0.4) is 0 Å². The Hall–Kier alpha value is -4.62. The number of imide groups is 1. The van der Waals surface area contributed by atoms with Gasteiger partial charge in [0.1, 0.15) is 23.7 Å². The molecule has 3 saturated heterocycles. The monoisotopic (exact) mass is 885 g/mol. The number of benzene rings is 1. The van der Waals surface area contributed by atoms with Crippen LogP contribution in [0.25, 0.3) is 0 Å². The molecule has 4 fully saturated rings.